The SMILES string of the molecule is C=CCC(CCCC)[n+]1ccn(C)c1. The highest BCUT2D eigenvalue weighted by Crippen LogP contribution is 2.12. The van der Waals surface area contributed by atoms with Crippen molar-refractivity contribution in [1.82, 2.24) is 4.57 Å². The quantitative estimate of drug-likeness (QED) is 0.485. The first-order chi connectivity index (χ1) is 6.77. The van der Waals surface area contributed by atoms with Crippen LogP contribution in [0.1, 0.15) is 38.6 Å². The largest absolute Gasteiger partial charge is 0.243 e. The van der Waals surface area contributed by atoms with Crippen molar-refractivity contribution >= 4 is 0 Å². The van der Waals surface area contributed by atoms with E-state index < -0.39 is 0 Å². The van der Waals surface area contributed by atoms with Gasteiger partial charge in [-0.1, -0.05) is 19.4 Å². The highest BCUT2D eigenvalue weighted by atomic mass is 15.1. The lowest BCUT2D eigenvalue weighted by molar-refractivity contribution is -0.722. The zero-order valence-corrected chi connectivity index (χ0v) is 9.32. The molecule has 0 amide bonds. The number of hydrogen-bond donors (Lipinski definition) is 0. The third-order valence-corrected chi connectivity index (χ3v) is 2.54. The lowest BCUT2D eigenvalue weighted by Gasteiger charge is -2.10. The van der Waals surface area contributed by atoms with Gasteiger partial charge < -0.3 is 0 Å². The minimum Gasteiger partial charge on any atom is -0.240 e. The highest BCUT2D eigenvalue weighted by Gasteiger charge is 2.13. The number of aromatic nitrogens is 2. The van der Waals surface area contributed by atoms with Crippen molar-refractivity contribution in [1.29, 1.82) is 0 Å². The Bertz CT molecular complexity index is 276. The van der Waals surface area contributed by atoms with Gasteiger partial charge in [0.2, 0.25) is 6.33 Å². The smallest absolute Gasteiger partial charge is 0.240 e. The van der Waals surface area contributed by atoms with Crippen LogP contribution in [0.15, 0.2) is 31.4 Å². The number of unbranched alkanes of at least 4 members (excludes halogenated alkanes) is 1. The van der Waals surface area contributed by atoms with Crippen LogP contribution in [0.5, 0.6) is 0 Å². The van der Waals surface area contributed by atoms with Crippen LogP contribution in [0.25, 0.3) is 0 Å². The molecule has 0 aliphatic rings. The third kappa shape index (κ3) is 3.02. The molecular formula is C12H21N2+. The van der Waals surface area contributed by atoms with Crippen LogP contribution in [-0.2, 0) is 7.05 Å². The summed E-state index contributed by atoms with van der Waals surface area (Å²) in [6.45, 7) is 6.06. The predicted octanol–water partition coefficient (Wildman–Crippen LogP) is 2.62. The Morgan fingerprint density at radius 3 is 2.86 bits per heavy atom. The molecule has 0 saturated heterocycles. The standard InChI is InChI=1S/C12H21N2/c1-4-6-8-12(7-5-2)14-10-9-13(3)11-14/h5,9-12H,2,4,6-8H2,1,3H3/q+1. The molecule has 0 radical (unpaired) electrons. The van der Waals surface area contributed by atoms with Crippen LogP contribution >= 0.6 is 0 Å². The lowest BCUT2D eigenvalue weighted by Crippen LogP contribution is -2.37. The zero-order valence-electron chi connectivity index (χ0n) is 9.32. The fourth-order valence-corrected chi connectivity index (χ4v) is 1.71. The average molecular weight is 193 g/mol. The van der Waals surface area contributed by atoms with Crippen LogP contribution in [0.2, 0.25) is 0 Å². The Hall–Kier alpha value is -1.05. The van der Waals surface area contributed by atoms with Crippen molar-refractivity contribution in [2.75, 3.05) is 0 Å². The maximum absolute atomic E-state index is 3.82. The van der Waals surface area contributed by atoms with E-state index in [4.69, 9.17) is 0 Å². The molecule has 0 aliphatic heterocycles. The number of allylic oxidation sites excluding steroid dienone is 1. The van der Waals surface area contributed by atoms with Crippen LogP contribution in [0, 0.1) is 0 Å². The minimum atomic E-state index is 0.591. The van der Waals surface area contributed by atoms with Gasteiger partial charge in [-0.3, -0.25) is 0 Å². The van der Waals surface area contributed by atoms with Crippen molar-refractivity contribution in [2.24, 2.45) is 7.05 Å². The highest BCUT2D eigenvalue weighted by molar-refractivity contribution is 4.72. The monoisotopic (exact) mass is 193 g/mol. The molecule has 1 heterocycles. The summed E-state index contributed by atoms with van der Waals surface area (Å²) in [6.07, 6.45) is 13.3. The summed E-state index contributed by atoms with van der Waals surface area (Å²) in [5, 5.41) is 0. The number of imidazole rings is 1. The molecule has 0 bridgehead atoms. The first-order valence-corrected chi connectivity index (χ1v) is 5.41. The van der Waals surface area contributed by atoms with E-state index >= 15 is 0 Å². The van der Waals surface area contributed by atoms with E-state index in [1.54, 1.807) is 0 Å². The molecule has 0 N–H and O–H groups in total. The fourth-order valence-electron chi connectivity index (χ4n) is 1.71. The van der Waals surface area contributed by atoms with Crippen LogP contribution in [0.4, 0.5) is 0 Å². The minimum absolute atomic E-state index is 0.591. The van der Waals surface area contributed by atoms with E-state index in [0.29, 0.717) is 6.04 Å². The molecular weight excluding hydrogens is 172 g/mol. The van der Waals surface area contributed by atoms with Gasteiger partial charge in [-0.15, -0.1) is 6.58 Å². The molecule has 1 aromatic heterocycles. The molecule has 2 nitrogen and oxygen atoms in total. The summed E-state index contributed by atoms with van der Waals surface area (Å²) in [5.74, 6) is 0. The van der Waals surface area contributed by atoms with Gasteiger partial charge in [0.05, 0.1) is 7.05 Å². The van der Waals surface area contributed by atoms with Gasteiger partial charge in [0.15, 0.2) is 0 Å². The summed E-state index contributed by atoms with van der Waals surface area (Å²) < 4.78 is 4.37. The molecule has 1 unspecified atom stereocenters. The maximum Gasteiger partial charge on any atom is 0.243 e. The molecule has 0 fully saturated rings. The van der Waals surface area contributed by atoms with Gasteiger partial charge in [-0.25, -0.2) is 9.13 Å². The second kappa shape index (κ2) is 5.63. The number of rotatable bonds is 6. The zero-order chi connectivity index (χ0) is 10.4. The number of nitrogens with zero attached hydrogens (tertiary/aromatic N) is 2. The van der Waals surface area contributed by atoms with Crippen molar-refractivity contribution < 1.29 is 4.57 Å². The predicted molar refractivity (Wildman–Crippen MR) is 59.0 cm³/mol. The molecule has 2 heteroatoms. The Kier molecular flexibility index (Phi) is 4.44. The Balaban J connectivity index is 2.61. The Labute approximate surface area is 86.9 Å². The molecule has 14 heavy (non-hydrogen) atoms. The summed E-state index contributed by atoms with van der Waals surface area (Å²) in [5.41, 5.74) is 0. The summed E-state index contributed by atoms with van der Waals surface area (Å²) in [4.78, 5) is 0. The van der Waals surface area contributed by atoms with E-state index in [1.165, 1.54) is 19.3 Å². The fraction of sp³-hybridized carbons (Fsp3) is 0.583. The van der Waals surface area contributed by atoms with Crippen molar-refractivity contribution in [2.45, 2.75) is 38.6 Å². The maximum atomic E-state index is 3.82. The Morgan fingerprint density at radius 1 is 1.57 bits per heavy atom. The van der Waals surface area contributed by atoms with Gasteiger partial charge in [0.1, 0.15) is 18.4 Å². The lowest BCUT2D eigenvalue weighted by atomic mass is 10.1. The topological polar surface area (TPSA) is 8.81 Å². The van der Waals surface area contributed by atoms with E-state index in [2.05, 4.69) is 48.4 Å². The van der Waals surface area contributed by atoms with Gasteiger partial charge in [0, 0.05) is 6.42 Å². The van der Waals surface area contributed by atoms with Crippen LogP contribution < -0.4 is 4.57 Å². The molecule has 78 valence electrons. The molecule has 1 rings (SSSR count). The van der Waals surface area contributed by atoms with E-state index in [-0.39, 0.29) is 0 Å². The first kappa shape index (κ1) is 11.0. The van der Waals surface area contributed by atoms with Gasteiger partial charge in [-0.05, 0) is 12.8 Å². The first-order valence-electron chi connectivity index (χ1n) is 5.41. The second-order valence-electron chi connectivity index (χ2n) is 3.85. The average Bonchev–Trinajstić information content (AvgIpc) is 2.59. The molecule has 1 atom stereocenters. The van der Waals surface area contributed by atoms with E-state index in [9.17, 15) is 0 Å². The summed E-state index contributed by atoms with van der Waals surface area (Å²) in [6, 6.07) is 0.591. The normalized spacial score (nSPS) is 12.7. The number of hydrogen-bond acceptors (Lipinski definition) is 0. The molecule has 0 saturated carbocycles. The number of aryl methyl sites for hydroxylation is 1. The van der Waals surface area contributed by atoms with Crippen LogP contribution in [0.3, 0.4) is 0 Å². The van der Waals surface area contributed by atoms with E-state index in [1.807, 2.05) is 6.08 Å². The summed E-state index contributed by atoms with van der Waals surface area (Å²) >= 11 is 0. The van der Waals surface area contributed by atoms with Crippen molar-refractivity contribution in [3.8, 4) is 0 Å². The third-order valence-electron chi connectivity index (χ3n) is 2.54. The molecule has 0 aliphatic carbocycles. The van der Waals surface area contributed by atoms with Gasteiger partial charge in [0.25, 0.3) is 0 Å². The molecule has 0 aromatic carbocycles. The van der Waals surface area contributed by atoms with Crippen molar-refractivity contribution in [3.05, 3.63) is 31.4 Å². The van der Waals surface area contributed by atoms with Crippen LogP contribution in [-0.4, -0.2) is 4.57 Å². The Morgan fingerprint density at radius 2 is 2.36 bits per heavy atom. The molecule has 0 spiro atoms. The van der Waals surface area contributed by atoms with Gasteiger partial charge >= 0.3 is 0 Å². The second-order valence-corrected chi connectivity index (χ2v) is 3.85. The van der Waals surface area contributed by atoms with E-state index in [0.717, 1.165) is 6.42 Å². The van der Waals surface area contributed by atoms with Crippen molar-refractivity contribution in [3.63, 3.8) is 0 Å². The summed E-state index contributed by atoms with van der Waals surface area (Å²) in [7, 11) is 2.06. The molecule has 1 aromatic rings. The van der Waals surface area contributed by atoms with Gasteiger partial charge in [-0.2, -0.15) is 0 Å².